The topological polar surface area (TPSA) is 210 Å². The van der Waals surface area contributed by atoms with Crippen LogP contribution in [-0.2, 0) is 25.4 Å². The van der Waals surface area contributed by atoms with E-state index in [2.05, 4.69) is 0 Å². The Morgan fingerprint density at radius 1 is 0.689 bits per heavy atom. The van der Waals surface area contributed by atoms with Gasteiger partial charge in [0.25, 0.3) is 0 Å². The molecule has 2 aliphatic rings. The molecule has 0 radical (unpaired) electrons. The summed E-state index contributed by atoms with van der Waals surface area (Å²) >= 11 is 0. The fourth-order valence-electron chi connectivity index (χ4n) is 5.44. The Bertz CT molecular complexity index is 1390. The molecule has 1 aromatic heterocycles. The van der Waals surface area contributed by atoms with E-state index >= 15 is 0 Å². The molecule has 0 amide bonds. The zero-order valence-corrected chi connectivity index (χ0v) is 24.8. The molecule has 5 rings (SSSR count). The third kappa shape index (κ3) is 7.26. The number of hydrogen-bond acceptors (Lipinski definition) is 14. The van der Waals surface area contributed by atoms with E-state index in [9.17, 15) is 35.7 Å². The van der Waals surface area contributed by atoms with Crippen molar-refractivity contribution < 1.29 is 68.6 Å². The molecule has 45 heavy (non-hydrogen) atoms. The maximum absolute atomic E-state index is 10.4. The third-order valence-electron chi connectivity index (χ3n) is 8.08. The van der Waals surface area contributed by atoms with Gasteiger partial charge in [-0.2, -0.15) is 0 Å². The van der Waals surface area contributed by atoms with Gasteiger partial charge in [0, 0.05) is 10.9 Å². The van der Waals surface area contributed by atoms with Crippen LogP contribution in [0.15, 0.2) is 46.9 Å². The molecule has 2 saturated heterocycles. The molecule has 7 N–H and O–H groups in total. The van der Waals surface area contributed by atoms with Gasteiger partial charge in [-0.1, -0.05) is 6.07 Å². The normalized spacial score (nSPS) is 32.1. The Labute approximate surface area is 258 Å². The molecule has 0 unspecified atom stereocenters. The van der Waals surface area contributed by atoms with Gasteiger partial charge in [0.2, 0.25) is 0 Å². The summed E-state index contributed by atoms with van der Waals surface area (Å²) in [5.41, 5.74) is 2.59. The average Bonchev–Trinajstić information content (AvgIpc) is 3.49. The number of methoxy groups -OCH3 is 2. The summed E-state index contributed by atoms with van der Waals surface area (Å²) in [6.45, 7) is -0.904. The van der Waals surface area contributed by atoms with E-state index in [4.69, 9.17) is 32.8 Å². The molecule has 0 bridgehead atoms. The van der Waals surface area contributed by atoms with Gasteiger partial charge < -0.3 is 68.6 Å². The van der Waals surface area contributed by atoms with Gasteiger partial charge in [0.1, 0.15) is 60.2 Å². The summed E-state index contributed by atoms with van der Waals surface area (Å²) in [4.78, 5) is 0. The van der Waals surface area contributed by atoms with E-state index in [0.29, 0.717) is 30.1 Å². The summed E-state index contributed by atoms with van der Waals surface area (Å²) in [5.74, 6) is 1.90. The van der Waals surface area contributed by atoms with Crippen molar-refractivity contribution in [2.24, 2.45) is 0 Å². The first-order valence-electron chi connectivity index (χ1n) is 14.6. The minimum Gasteiger partial charge on any atom is -0.493 e. The second-order valence-electron chi connectivity index (χ2n) is 11.1. The summed E-state index contributed by atoms with van der Waals surface area (Å²) in [6.07, 6.45) is -13.5. The number of ether oxygens (including phenoxy) is 6. The van der Waals surface area contributed by atoms with Crippen LogP contribution in [0.25, 0.3) is 22.3 Å². The minimum absolute atomic E-state index is 0.158. The molecular formula is C31H40O14. The molecule has 2 aromatic carbocycles. The second kappa shape index (κ2) is 14.7. The van der Waals surface area contributed by atoms with Crippen LogP contribution in [-0.4, -0.2) is 131 Å². The van der Waals surface area contributed by atoms with Gasteiger partial charge in [-0.05, 0) is 54.8 Å². The maximum atomic E-state index is 10.4. The van der Waals surface area contributed by atoms with E-state index < -0.39 is 74.6 Å². The van der Waals surface area contributed by atoms with Crippen molar-refractivity contribution in [2.75, 3.05) is 34.0 Å². The first-order valence-corrected chi connectivity index (χ1v) is 14.6. The van der Waals surface area contributed by atoms with Gasteiger partial charge in [0.15, 0.2) is 24.1 Å². The van der Waals surface area contributed by atoms with Crippen molar-refractivity contribution in [3.8, 4) is 22.8 Å². The molecule has 3 aromatic rings. The molecule has 3 heterocycles. The lowest BCUT2D eigenvalue weighted by Crippen LogP contribution is -2.61. The number of aliphatic hydroxyl groups is 7. The summed E-state index contributed by atoms with van der Waals surface area (Å²) in [5, 5.41) is 71.6. The Hall–Kier alpha value is -2.86. The van der Waals surface area contributed by atoms with Crippen molar-refractivity contribution in [1.29, 1.82) is 0 Å². The van der Waals surface area contributed by atoms with Crippen LogP contribution in [0.2, 0.25) is 0 Å². The zero-order chi connectivity index (χ0) is 32.2. The van der Waals surface area contributed by atoms with Gasteiger partial charge in [0.05, 0.1) is 34.0 Å². The average molecular weight is 637 g/mol. The van der Waals surface area contributed by atoms with E-state index in [1.165, 1.54) is 0 Å². The first kappa shape index (κ1) is 33.5. The van der Waals surface area contributed by atoms with Gasteiger partial charge in [-0.25, -0.2) is 0 Å². The Morgan fingerprint density at radius 3 is 2.04 bits per heavy atom. The molecule has 0 saturated carbocycles. The fourth-order valence-corrected chi connectivity index (χ4v) is 5.44. The molecule has 248 valence electrons. The van der Waals surface area contributed by atoms with E-state index in [-0.39, 0.29) is 6.61 Å². The lowest BCUT2D eigenvalue weighted by Gasteiger charge is -2.42. The van der Waals surface area contributed by atoms with Crippen LogP contribution < -0.4 is 9.47 Å². The predicted molar refractivity (Wildman–Crippen MR) is 155 cm³/mol. The van der Waals surface area contributed by atoms with E-state index in [0.717, 1.165) is 22.1 Å². The van der Waals surface area contributed by atoms with Gasteiger partial charge in [-0.3, -0.25) is 0 Å². The standard InChI is InChI=1S/C31H40O14/c1-39-19-8-6-16(11-21(19)40-2)20-12-17-10-15(5-7-18(17)43-20)4-3-9-41-30-28(37)27(36)25(34)23(45-30)14-42-31-29(38)26(35)24(33)22(13-32)44-31/h5-8,10-12,22-38H,3-4,9,13-14H2,1-2H3/t22-,23-,24-,25-,26+,27+,28-,29-,30-,31-/m1/s1. The van der Waals surface area contributed by atoms with Crippen molar-refractivity contribution in [2.45, 2.75) is 74.3 Å². The quantitative estimate of drug-likeness (QED) is 0.127. The monoisotopic (exact) mass is 636 g/mol. The molecule has 0 aliphatic carbocycles. The zero-order valence-electron chi connectivity index (χ0n) is 24.8. The number of rotatable bonds is 12. The summed E-state index contributed by atoms with van der Waals surface area (Å²) in [7, 11) is 3.15. The highest BCUT2D eigenvalue weighted by Gasteiger charge is 2.47. The first-order chi connectivity index (χ1) is 21.6. The molecule has 14 heteroatoms. The van der Waals surface area contributed by atoms with Crippen molar-refractivity contribution in [3.05, 3.63) is 48.0 Å². The molecule has 10 atom stereocenters. The van der Waals surface area contributed by atoms with Gasteiger partial charge in [-0.15, -0.1) is 0 Å². The molecule has 14 nitrogen and oxygen atoms in total. The smallest absolute Gasteiger partial charge is 0.186 e. The lowest BCUT2D eigenvalue weighted by atomic mass is 9.98. The Morgan fingerprint density at radius 2 is 1.36 bits per heavy atom. The predicted octanol–water partition coefficient (Wildman–Crippen LogP) is -0.310. The van der Waals surface area contributed by atoms with Crippen LogP contribution >= 0.6 is 0 Å². The third-order valence-corrected chi connectivity index (χ3v) is 8.08. The molecule has 2 aliphatic heterocycles. The van der Waals surface area contributed by atoms with Gasteiger partial charge >= 0.3 is 0 Å². The minimum atomic E-state index is -1.65. The number of furan rings is 1. The lowest BCUT2D eigenvalue weighted by molar-refractivity contribution is -0.331. The number of aryl methyl sites for hydroxylation is 1. The van der Waals surface area contributed by atoms with E-state index in [1.54, 1.807) is 14.2 Å². The number of aliphatic hydroxyl groups excluding tert-OH is 7. The highest BCUT2D eigenvalue weighted by atomic mass is 16.7. The van der Waals surface area contributed by atoms with Crippen molar-refractivity contribution in [3.63, 3.8) is 0 Å². The summed E-state index contributed by atoms with van der Waals surface area (Å²) in [6, 6.07) is 13.3. The van der Waals surface area contributed by atoms with E-state index in [1.807, 2.05) is 42.5 Å². The van der Waals surface area contributed by atoms with Crippen LogP contribution in [0.4, 0.5) is 0 Å². The largest absolute Gasteiger partial charge is 0.493 e. The van der Waals surface area contributed by atoms with Crippen LogP contribution in [0.1, 0.15) is 12.0 Å². The summed E-state index contributed by atoms with van der Waals surface area (Å²) < 4.78 is 38.9. The molecule has 2 fully saturated rings. The molecule has 0 spiro atoms. The Balaban J connectivity index is 1.14. The number of fused-ring (bicyclic) bond motifs is 1. The highest BCUT2D eigenvalue weighted by molar-refractivity contribution is 5.83. The number of hydrogen-bond donors (Lipinski definition) is 7. The highest BCUT2D eigenvalue weighted by Crippen LogP contribution is 2.35. The maximum Gasteiger partial charge on any atom is 0.186 e. The van der Waals surface area contributed by atoms with Crippen LogP contribution in [0.3, 0.4) is 0 Å². The van der Waals surface area contributed by atoms with Crippen molar-refractivity contribution >= 4 is 11.0 Å². The van der Waals surface area contributed by atoms with Crippen molar-refractivity contribution in [1.82, 2.24) is 0 Å². The SMILES string of the molecule is COc1ccc(-c2cc3cc(CCCO[C@@H]4O[C@H](CO[C@@H]5O[C@H](CO)[C@@H](O)[C@H](O)[C@H]5O)[C@@H](O)[C@H](O)[C@H]4O)ccc3o2)cc1OC. The number of benzene rings is 2. The van der Waals surface area contributed by atoms with Crippen LogP contribution in [0, 0.1) is 0 Å². The Kier molecular flexibility index (Phi) is 10.9. The van der Waals surface area contributed by atoms with Crippen LogP contribution in [0.5, 0.6) is 11.5 Å². The fraction of sp³-hybridized carbons (Fsp3) is 0.548. The molecular weight excluding hydrogens is 596 g/mol. The second-order valence-corrected chi connectivity index (χ2v) is 11.1.